The van der Waals surface area contributed by atoms with Crippen molar-refractivity contribution in [2.45, 2.75) is 46.1 Å². The summed E-state index contributed by atoms with van der Waals surface area (Å²) in [5, 5.41) is 1.75. The molecule has 0 aliphatic heterocycles. The number of ether oxygens (including phenoxy) is 1. The second-order valence-corrected chi connectivity index (χ2v) is 6.34. The molecule has 27 heavy (non-hydrogen) atoms. The van der Waals surface area contributed by atoms with Crippen molar-refractivity contribution in [3.8, 4) is 0 Å². The molecule has 152 valence electrons. The van der Waals surface area contributed by atoms with Crippen molar-refractivity contribution < 1.29 is 23.9 Å². The minimum atomic E-state index is -0.513. The molecule has 1 rings (SSSR count). The van der Waals surface area contributed by atoms with Crippen LogP contribution in [0.4, 0.5) is 0 Å². The lowest BCUT2D eigenvalue weighted by molar-refractivity contribution is -0.144. The van der Waals surface area contributed by atoms with Crippen LogP contribution in [0.1, 0.15) is 39.5 Å². The van der Waals surface area contributed by atoms with Gasteiger partial charge in [-0.15, -0.1) is 0 Å². The van der Waals surface area contributed by atoms with E-state index in [1.54, 1.807) is 13.8 Å². The number of nitrogens with one attached hydrogen (secondary N) is 1. The first kappa shape index (κ1) is 25.1. The predicted molar refractivity (Wildman–Crippen MR) is 103 cm³/mol. The lowest BCUT2D eigenvalue weighted by Crippen LogP contribution is -2.27. The van der Waals surface area contributed by atoms with Gasteiger partial charge in [-0.25, -0.2) is 0 Å². The second kappa shape index (κ2) is 15.2. The molecule has 1 aromatic rings. The molecule has 0 spiro atoms. The van der Waals surface area contributed by atoms with Gasteiger partial charge in [0.15, 0.2) is 0 Å². The fourth-order valence-electron chi connectivity index (χ4n) is 1.96. The highest BCUT2D eigenvalue weighted by atomic mass is 35.5. The maximum Gasteiger partial charge on any atom is 0.306 e. The summed E-state index contributed by atoms with van der Waals surface area (Å²) >= 11 is 10.2. The van der Waals surface area contributed by atoms with Crippen molar-refractivity contribution in [2.24, 2.45) is 5.92 Å². The molecule has 0 radical (unpaired) electrons. The first-order valence-electron chi connectivity index (χ1n) is 8.70. The Morgan fingerprint density at radius 1 is 1.07 bits per heavy atom. The molecule has 0 bridgehead atoms. The minimum absolute atomic E-state index is 0.0421. The molecule has 0 aliphatic carbocycles. The van der Waals surface area contributed by atoms with E-state index in [1.807, 2.05) is 29.1 Å². The van der Waals surface area contributed by atoms with Gasteiger partial charge in [0.1, 0.15) is 0 Å². The molecular weight excluding hydrogens is 395 g/mol. The molecule has 0 saturated carbocycles. The van der Waals surface area contributed by atoms with Gasteiger partial charge < -0.3 is 14.6 Å². The number of esters is 1. The Labute approximate surface area is 169 Å². The largest absolute Gasteiger partial charge is 0.466 e. The Bertz CT molecular complexity index is 591. The number of hydrogen-bond acceptors (Lipinski definition) is 5. The zero-order valence-corrected chi connectivity index (χ0v) is 17.1. The quantitative estimate of drug-likeness (QED) is 0.438. The van der Waals surface area contributed by atoms with E-state index < -0.39 is 16.4 Å². The summed E-state index contributed by atoms with van der Waals surface area (Å²) in [5.41, 5.74) is 0. The number of nitrogens with zero attached hydrogens (tertiary/aromatic N) is 1. The Morgan fingerprint density at radius 2 is 1.70 bits per heavy atom. The molecule has 1 aromatic heterocycles. The molecule has 0 aromatic carbocycles. The van der Waals surface area contributed by atoms with Crippen LogP contribution >= 0.6 is 23.2 Å². The monoisotopic (exact) mass is 420 g/mol. The smallest absolute Gasteiger partial charge is 0.306 e. The predicted octanol–water partition coefficient (Wildman–Crippen LogP) is 2.88. The van der Waals surface area contributed by atoms with Crippen LogP contribution in [0.5, 0.6) is 0 Å². The molecule has 0 fully saturated rings. The van der Waals surface area contributed by atoms with Gasteiger partial charge in [-0.05, 0) is 48.7 Å². The third kappa shape index (κ3) is 13.9. The fraction of sp³-hybridized carbons (Fsp3) is 0.556. The summed E-state index contributed by atoms with van der Waals surface area (Å²) in [4.78, 5) is 43.1. The first-order chi connectivity index (χ1) is 12.8. The van der Waals surface area contributed by atoms with E-state index >= 15 is 0 Å². The van der Waals surface area contributed by atoms with Crippen LogP contribution in [0.15, 0.2) is 24.5 Å². The Hall–Kier alpha value is -1.86. The number of carbonyl (C=O) groups excluding carboxylic acids is 4. The van der Waals surface area contributed by atoms with E-state index in [2.05, 4.69) is 5.32 Å². The summed E-state index contributed by atoms with van der Waals surface area (Å²) in [6, 6.07) is 3.87. The van der Waals surface area contributed by atoms with Crippen LogP contribution in [0.2, 0.25) is 0 Å². The van der Waals surface area contributed by atoms with E-state index in [1.165, 1.54) is 0 Å². The van der Waals surface area contributed by atoms with Gasteiger partial charge in [-0.3, -0.25) is 19.2 Å². The zero-order valence-electron chi connectivity index (χ0n) is 15.6. The molecule has 0 saturated heterocycles. The third-order valence-electron chi connectivity index (χ3n) is 3.44. The van der Waals surface area contributed by atoms with Gasteiger partial charge >= 0.3 is 5.97 Å². The number of aromatic nitrogens is 1. The van der Waals surface area contributed by atoms with E-state index in [9.17, 15) is 19.2 Å². The van der Waals surface area contributed by atoms with Crippen LogP contribution in [-0.2, 0) is 30.5 Å². The van der Waals surface area contributed by atoms with Crippen LogP contribution in [0.25, 0.3) is 0 Å². The van der Waals surface area contributed by atoms with Crippen molar-refractivity contribution >= 4 is 45.6 Å². The number of halogens is 2. The summed E-state index contributed by atoms with van der Waals surface area (Å²) in [7, 11) is 0. The molecule has 1 heterocycles. The molecule has 1 N–H and O–H groups in total. The van der Waals surface area contributed by atoms with Gasteiger partial charge in [0.2, 0.25) is 16.4 Å². The first-order valence-corrected chi connectivity index (χ1v) is 9.46. The Morgan fingerprint density at radius 3 is 2.15 bits per heavy atom. The van der Waals surface area contributed by atoms with Gasteiger partial charge in [-0.1, -0.05) is 6.92 Å². The lowest BCUT2D eigenvalue weighted by Gasteiger charge is -2.06. The zero-order chi connectivity index (χ0) is 20.7. The van der Waals surface area contributed by atoms with Gasteiger partial charge in [0.05, 0.1) is 13.0 Å². The minimum Gasteiger partial charge on any atom is -0.466 e. The van der Waals surface area contributed by atoms with Crippen molar-refractivity contribution in [3.05, 3.63) is 24.5 Å². The van der Waals surface area contributed by atoms with Crippen LogP contribution in [0, 0.1) is 5.92 Å². The van der Waals surface area contributed by atoms with Crippen molar-refractivity contribution in [1.29, 1.82) is 0 Å². The van der Waals surface area contributed by atoms with Crippen molar-refractivity contribution in [1.82, 2.24) is 9.88 Å². The number of carbonyl (C=O) groups is 4. The van der Waals surface area contributed by atoms with Gasteiger partial charge in [-0.2, -0.15) is 0 Å². The molecular formula is C18H26Cl2N2O5. The maximum absolute atomic E-state index is 11.4. The molecule has 9 heteroatoms. The molecule has 1 atom stereocenters. The number of amides is 1. The van der Waals surface area contributed by atoms with Gasteiger partial charge in [0, 0.05) is 44.2 Å². The van der Waals surface area contributed by atoms with Crippen LogP contribution in [0.3, 0.4) is 0 Å². The van der Waals surface area contributed by atoms with E-state index in [4.69, 9.17) is 27.9 Å². The van der Waals surface area contributed by atoms with Crippen molar-refractivity contribution in [3.63, 3.8) is 0 Å². The summed E-state index contributed by atoms with van der Waals surface area (Å²) in [6.45, 7) is 5.18. The van der Waals surface area contributed by atoms with Crippen LogP contribution in [-0.4, -0.2) is 40.1 Å². The SMILES string of the molecule is CCC(CC(=O)Cl)C(=O)Cl.CCOC(=O)CCC(=O)NCCn1cccc1. The maximum atomic E-state index is 11.4. The third-order valence-corrected chi connectivity index (χ3v) is 3.90. The van der Waals surface area contributed by atoms with Gasteiger partial charge in [0.25, 0.3) is 0 Å². The fourth-order valence-corrected chi connectivity index (χ4v) is 2.38. The van der Waals surface area contributed by atoms with E-state index in [-0.39, 0.29) is 31.1 Å². The summed E-state index contributed by atoms with van der Waals surface area (Å²) < 4.78 is 6.71. The molecule has 1 unspecified atom stereocenters. The number of rotatable bonds is 11. The highest BCUT2D eigenvalue weighted by Gasteiger charge is 2.16. The Balaban J connectivity index is 0.000000580. The number of hydrogen-bond donors (Lipinski definition) is 1. The average molecular weight is 421 g/mol. The highest BCUT2D eigenvalue weighted by molar-refractivity contribution is 6.66. The topological polar surface area (TPSA) is 94.5 Å². The Kier molecular flexibility index (Phi) is 14.2. The molecule has 7 nitrogen and oxygen atoms in total. The van der Waals surface area contributed by atoms with E-state index in [0.29, 0.717) is 19.6 Å². The summed E-state index contributed by atoms with van der Waals surface area (Å²) in [6.07, 6.45) is 4.80. The normalized spacial score (nSPS) is 11.0. The average Bonchev–Trinajstić information content (AvgIpc) is 3.11. The van der Waals surface area contributed by atoms with Crippen molar-refractivity contribution in [2.75, 3.05) is 13.2 Å². The van der Waals surface area contributed by atoms with Crippen LogP contribution < -0.4 is 5.32 Å². The molecule has 0 aliphatic rings. The molecule has 1 amide bonds. The highest BCUT2D eigenvalue weighted by Crippen LogP contribution is 2.13. The standard InChI is InChI=1S/C12H18N2O3.C6H8Cl2O2/c1-2-17-12(16)6-5-11(15)13-7-10-14-8-3-4-9-14;1-2-4(6(8)10)3-5(7)9/h3-4,8-9H,2,5-7,10H2,1H3,(H,13,15);4H,2-3H2,1H3. The lowest BCUT2D eigenvalue weighted by atomic mass is 10.1. The second-order valence-electron chi connectivity index (χ2n) is 5.54. The van der Waals surface area contributed by atoms with E-state index in [0.717, 1.165) is 6.54 Å². The summed E-state index contributed by atoms with van der Waals surface area (Å²) in [5.74, 6) is -0.857.